The molecule has 1 aromatic carbocycles. The maximum Gasteiger partial charge on any atom is 0.418 e. The number of amides is 1. The van der Waals surface area contributed by atoms with Gasteiger partial charge in [0.25, 0.3) is 5.91 Å². The number of rotatable bonds is 4. The van der Waals surface area contributed by atoms with Crippen LogP contribution in [0, 0.1) is 11.8 Å². The van der Waals surface area contributed by atoms with E-state index in [4.69, 9.17) is 5.73 Å². The van der Waals surface area contributed by atoms with Gasteiger partial charge in [-0.3, -0.25) is 4.79 Å². The Balaban J connectivity index is 2.09. The number of carbonyl (C=O) groups is 1. The molecule has 1 aliphatic carbocycles. The molecule has 1 unspecified atom stereocenters. The van der Waals surface area contributed by atoms with Gasteiger partial charge in [-0.1, -0.05) is 13.0 Å². The van der Waals surface area contributed by atoms with Gasteiger partial charge in [-0.15, -0.1) is 0 Å². The van der Waals surface area contributed by atoms with Gasteiger partial charge >= 0.3 is 6.18 Å². The largest absolute Gasteiger partial charge is 0.418 e. The van der Waals surface area contributed by atoms with Crippen LogP contribution in [0.5, 0.6) is 0 Å². The first-order valence-electron chi connectivity index (χ1n) is 6.54. The number of anilines is 1. The Morgan fingerprint density at radius 2 is 2.10 bits per heavy atom. The van der Waals surface area contributed by atoms with E-state index < -0.39 is 23.3 Å². The van der Waals surface area contributed by atoms with Crippen molar-refractivity contribution in [3.05, 3.63) is 29.3 Å². The molecule has 2 rings (SSSR count). The van der Waals surface area contributed by atoms with E-state index in [2.05, 4.69) is 5.32 Å². The first kappa shape index (κ1) is 14.7. The Kier molecular flexibility index (Phi) is 3.92. The molecule has 1 atom stereocenters. The van der Waals surface area contributed by atoms with Gasteiger partial charge in [0, 0.05) is 6.54 Å². The van der Waals surface area contributed by atoms with Crippen molar-refractivity contribution >= 4 is 11.6 Å². The van der Waals surface area contributed by atoms with E-state index in [1.54, 1.807) is 0 Å². The van der Waals surface area contributed by atoms with Crippen molar-refractivity contribution in [1.82, 2.24) is 5.32 Å². The maximum absolute atomic E-state index is 12.7. The van der Waals surface area contributed by atoms with Crippen molar-refractivity contribution in [1.29, 1.82) is 0 Å². The summed E-state index contributed by atoms with van der Waals surface area (Å²) in [6.45, 7) is 2.48. The molecule has 0 aromatic heterocycles. The molecule has 0 aliphatic heterocycles. The van der Waals surface area contributed by atoms with Gasteiger partial charge in [-0.05, 0) is 36.8 Å². The van der Waals surface area contributed by atoms with Gasteiger partial charge in [0.1, 0.15) is 0 Å². The van der Waals surface area contributed by atoms with Crippen LogP contribution in [-0.2, 0) is 6.18 Å². The lowest BCUT2D eigenvalue weighted by molar-refractivity contribution is -0.136. The predicted octanol–water partition coefficient (Wildman–Crippen LogP) is 3.06. The van der Waals surface area contributed by atoms with E-state index in [-0.39, 0.29) is 5.56 Å². The Bertz CT molecular complexity index is 510. The summed E-state index contributed by atoms with van der Waals surface area (Å²) in [5, 5.41) is 2.65. The molecule has 1 fully saturated rings. The Hall–Kier alpha value is -1.72. The number of hydrogen-bond donors (Lipinski definition) is 2. The average Bonchev–Trinajstić information content (AvgIpc) is 3.18. The molecule has 0 heterocycles. The van der Waals surface area contributed by atoms with Gasteiger partial charge < -0.3 is 11.1 Å². The van der Waals surface area contributed by atoms with Crippen LogP contribution in [0.3, 0.4) is 0 Å². The Labute approximate surface area is 115 Å². The molecule has 0 bridgehead atoms. The molecule has 0 spiro atoms. The van der Waals surface area contributed by atoms with E-state index >= 15 is 0 Å². The number of para-hydroxylation sites is 1. The zero-order chi connectivity index (χ0) is 14.9. The summed E-state index contributed by atoms with van der Waals surface area (Å²) < 4.78 is 38.1. The summed E-state index contributed by atoms with van der Waals surface area (Å²) in [4.78, 5) is 11.9. The number of hydrogen-bond acceptors (Lipinski definition) is 2. The summed E-state index contributed by atoms with van der Waals surface area (Å²) in [6.07, 6.45) is -2.24. The zero-order valence-electron chi connectivity index (χ0n) is 11.1. The normalized spacial score (nSPS) is 16.8. The SMILES string of the molecule is CC(CNC(=O)c1cccc(C(F)(F)F)c1N)C1CC1. The highest BCUT2D eigenvalue weighted by Gasteiger charge is 2.34. The van der Waals surface area contributed by atoms with Crippen LogP contribution in [-0.4, -0.2) is 12.5 Å². The Morgan fingerprint density at radius 1 is 1.45 bits per heavy atom. The van der Waals surface area contributed by atoms with Gasteiger partial charge in [0.15, 0.2) is 0 Å². The lowest BCUT2D eigenvalue weighted by Crippen LogP contribution is -2.30. The van der Waals surface area contributed by atoms with Gasteiger partial charge in [0.2, 0.25) is 0 Å². The summed E-state index contributed by atoms with van der Waals surface area (Å²) in [6, 6.07) is 3.37. The molecule has 20 heavy (non-hydrogen) atoms. The molecule has 1 amide bonds. The average molecular weight is 286 g/mol. The summed E-state index contributed by atoms with van der Waals surface area (Å²) in [5.41, 5.74) is 3.86. The number of nitrogens with two attached hydrogens (primary N) is 1. The Morgan fingerprint density at radius 3 is 2.65 bits per heavy atom. The van der Waals surface area contributed by atoms with Crippen LogP contribution in [0.4, 0.5) is 18.9 Å². The molecule has 1 aliphatic rings. The van der Waals surface area contributed by atoms with E-state index in [9.17, 15) is 18.0 Å². The summed E-state index contributed by atoms with van der Waals surface area (Å²) >= 11 is 0. The molecule has 1 saturated carbocycles. The van der Waals surface area contributed by atoms with Crippen molar-refractivity contribution in [2.75, 3.05) is 12.3 Å². The highest BCUT2D eigenvalue weighted by atomic mass is 19.4. The van der Waals surface area contributed by atoms with E-state index in [0.29, 0.717) is 18.4 Å². The molecule has 1 aromatic rings. The van der Waals surface area contributed by atoms with Crippen LogP contribution >= 0.6 is 0 Å². The van der Waals surface area contributed by atoms with Gasteiger partial charge in [-0.25, -0.2) is 0 Å². The molecule has 0 saturated heterocycles. The fourth-order valence-corrected chi connectivity index (χ4v) is 2.19. The highest BCUT2D eigenvalue weighted by molar-refractivity contribution is 5.99. The number of halogens is 3. The summed E-state index contributed by atoms with van der Waals surface area (Å²) in [5.74, 6) is 0.404. The number of nitrogen functional groups attached to an aromatic ring is 1. The number of nitrogens with one attached hydrogen (secondary N) is 1. The monoisotopic (exact) mass is 286 g/mol. The van der Waals surface area contributed by atoms with Crippen molar-refractivity contribution in [2.45, 2.75) is 25.9 Å². The standard InChI is InChI=1S/C14H17F3N2O/c1-8(9-5-6-9)7-19-13(20)10-3-2-4-11(12(10)18)14(15,16)17/h2-4,8-9H,5-7,18H2,1H3,(H,19,20). The smallest absolute Gasteiger partial charge is 0.398 e. The molecule has 6 heteroatoms. The molecule has 110 valence electrons. The molecular weight excluding hydrogens is 269 g/mol. The predicted molar refractivity (Wildman–Crippen MR) is 70.1 cm³/mol. The molecule has 3 N–H and O–H groups in total. The van der Waals surface area contributed by atoms with E-state index in [1.165, 1.54) is 12.1 Å². The van der Waals surface area contributed by atoms with Crippen LogP contribution in [0.15, 0.2) is 18.2 Å². The second-order valence-electron chi connectivity index (χ2n) is 5.29. The second kappa shape index (κ2) is 5.34. The van der Waals surface area contributed by atoms with Crippen LogP contribution in [0.2, 0.25) is 0 Å². The molecular formula is C14H17F3N2O. The highest BCUT2D eigenvalue weighted by Crippen LogP contribution is 2.36. The fraction of sp³-hybridized carbons (Fsp3) is 0.500. The lowest BCUT2D eigenvalue weighted by Gasteiger charge is -2.15. The maximum atomic E-state index is 12.7. The van der Waals surface area contributed by atoms with Gasteiger partial charge in [0.05, 0.1) is 16.8 Å². The number of benzene rings is 1. The number of alkyl halides is 3. The van der Waals surface area contributed by atoms with Crippen LogP contribution in [0.1, 0.15) is 35.7 Å². The van der Waals surface area contributed by atoms with Gasteiger partial charge in [-0.2, -0.15) is 13.2 Å². The minimum absolute atomic E-state index is 0.122. The van der Waals surface area contributed by atoms with Crippen LogP contribution in [0.25, 0.3) is 0 Å². The van der Waals surface area contributed by atoms with Crippen LogP contribution < -0.4 is 11.1 Å². The zero-order valence-corrected chi connectivity index (χ0v) is 11.1. The molecule has 3 nitrogen and oxygen atoms in total. The van der Waals surface area contributed by atoms with Crippen molar-refractivity contribution in [3.8, 4) is 0 Å². The molecule has 0 radical (unpaired) electrons. The minimum atomic E-state index is -4.55. The first-order valence-corrected chi connectivity index (χ1v) is 6.54. The summed E-state index contributed by atoms with van der Waals surface area (Å²) in [7, 11) is 0. The lowest BCUT2D eigenvalue weighted by atomic mass is 10.0. The third-order valence-electron chi connectivity index (χ3n) is 3.67. The fourth-order valence-electron chi connectivity index (χ4n) is 2.19. The van der Waals surface area contributed by atoms with Crippen molar-refractivity contribution in [2.24, 2.45) is 11.8 Å². The third kappa shape index (κ3) is 3.23. The van der Waals surface area contributed by atoms with Crippen molar-refractivity contribution in [3.63, 3.8) is 0 Å². The second-order valence-corrected chi connectivity index (χ2v) is 5.29. The van der Waals surface area contributed by atoms with Crippen molar-refractivity contribution < 1.29 is 18.0 Å². The minimum Gasteiger partial charge on any atom is -0.398 e. The topological polar surface area (TPSA) is 55.1 Å². The van der Waals surface area contributed by atoms with E-state index in [0.717, 1.165) is 18.9 Å². The first-order chi connectivity index (χ1) is 9.30. The van der Waals surface area contributed by atoms with E-state index in [1.807, 2.05) is 6.92 Å². The third-order valence-corrected chi connectivity index (χ3v) is 3.67. The number of carbonyl (C=O) groups excluding carboxylic acids is 1. The quantitative estimate of drug-likeness (QED) is 0.836.